The van der Waals surface area contributed by atoms with E-state index < -0.39 is 15.1 Å². The predicted octanol–water partition coefficient (Wildman–Crippen LogP) is 1.76. The smallest absolute Gasteiger partial charge is 0.265 e. The number of nitrogens with zero attached hydrogens (tertiary/aromatic N) is 1. The third-order valence-electron chi connectivity index (χ3n) is 2.48. The van der Waals surface area contributed by atoms with E-state index in [9.17, 15) is 13.2 Å². The second-order valence-corrected chi connectivity index (χ2v) is 7.44. The molecule has 1 N–H and O–H groups in total. The maximum atomic E-state index is 11.7. The minimum atomic E-state index is -3.28. The lowest BCUT2D eigenvalue weighted by Crippen LogP contribution is -2.21. The maximum Gasteiger partial charge on any atom is 0.265 e. The number of aromatic nitrogens is 2. The van der Waals surface area contributed by atoms with Crippen LogP contribution in [0, 0.1) is 0 Å². The molecule has 0 fully saturated rings. The number of hydrogen-bond acceptors (Lipinski definition) is 4. The van der Waals surface area contributed by atoms with Crippen LogP contribution >= 0.6 is 15.9 Å². The van der Waals surface area contributed by atoms with Crippen molar-refractivity contribution in [2.24, 2.45) is 0 Å². The van der Waals surface area contributed by atoms with Crippen molar-refractivity contribution < 1.29 is 8.42 Å². The van der Waals surface area contributed by atoms with E-state index in [0.717, 1.165) is 6.26 Å². The van der Waals surface area contributed by atoms with Crippen LogP contribution in [-0.4, -0.2) is 24.6 Å². The van der Waals surface area contributed by atoms with Crippen molar-refractivity contribution in [3.8, 4) is 0 Å². The first-order chi connectivity index (χ1) is 7.64. The van der Waals surface area contributed by atoms with Gasteiger partial charge in [-0.15, -0.1) is 0 Å². The van der Waals surface area contributed by atoms with Gasteiger partial charge < -0.3 is 4.98 Å². The Labute approximate surface area is 109 Å². The van der Waals surface area contributed by atoms with Gasteiger partial charge in [-0.2, -0.15) is 0 Å². The molecule has 0 spiro atoms. The van der Waals surface area contributed by atoms with Crippen molar-refractivity contribution in [1.29, 1.82) is 0 Å². The molecular weight excluding hydrogens is 308 g/mol. The van der Waals surface area contributed by atoms with Crippen molar-refractivity contribution in [1.82, 2.24) is 9.97 Å². The zero-order valence-corrected chi connectivity index (χ0v) is 12.5. The highest BCUT2D eigenvalue weighted by Crippen LogP contribution is 2.22. The monoisotopic (exact) mass is 322 g/mol. The lowest BCUT2D eigenvalue weighted by Gasteiger charge is -2.12. The van der Waals surface area contributed by atoms with Gasteiger partial charge in [0.15, 0.2) is 9.84 Å². The van der Waals surface area contributed by atoms with Gasteiger partial charge in [-0.1, -0.05) is 13.8 Å². The molecule has 0 saturated carbocycles. The number of H-pyrrole nitrogens is 1. The summed E-state index contributed by atoms with van der Waals surface area (Å²) in [6.45, 7) is 5.29. The summed E-state index contributed by atoms with van der Waals surface area (Å²) in [4.78, 5) is 18.4. The summed E-state index contributed by atoms with van der Waals surface area (Å²) >= 11 is 3.16. The van der Waals surface area contributed by atoms with Gasteiger partial charge in [0.2, 0.25) is 0 Å². The third-order valence-corrected chi connectivity index (χ3v) is 4.75. The van der Waals surface area contributed by atoms with Crippen LogP contribution in [0.5, 0.6) is 0 Å². The van der Waals surface area contributed by atoms with Crippen molar-refractivity contribution in [3.05, 3.63) is 26.3 Å². The minimum absolute atomic E-state index is 0.0391. The van der Waals surface area contributed by atoms with Gasteiger partial charge in [0.25, 0.3) is 5.56 Å². The number of nitrogens with one attached hydrogen (secondary N) is 1. The highest BCUT2D eigenvalue weighted by Gasteiger charge is 2.22. The number of aromatic amines is 1. The number of rotatable bonds is 3. The molecule has 0 saturated heterocycles. The van der Waals surface area contributed by atoms with E-state index in [-0.39, 0.29) is 17.3 Å². The third kappa shape index (κ3) is 3.16. The molecule has 0 aliphatic carbocycles. The summed E-state index contributed by atoms with van der Waals surface area (Å²) in [5, 5.41) is -0.819. The average Bonchev–Trinajstić information content (AvgIpc) is 2.19. The molecule has 0 aromatic carbocycles. The van der Waals surface area contributed by atoms with Crippen LogP contribution in [0.2, 0.25) is 0 Å². The molecule has 1 heterocycles. The summed E-state index contributed by atoms with van der Waals surface area (Å²) in [5.74, 6) is 0.224. The van der Waals surface area contributed by atoms with Gasteiger partial charge in [0.05, 0.1) is 5.69 Å². The molecule has 1 atom stereocenters. The molecule has 7 heteroatoms. The molecule has 1 aromatic heterocycles. The molecule has 5 nitrogen and oxygen atoms in total. The summed E-state index contributed by atoms with van der Waals surface area (Å²) < 4.78 is 23.2. The second kappa shape index (κ2) is 4.89. The van der Waals surface area contributed by atoms with Crippen LogP contribution < -0.4 is 5.56 Å². The Morgan fingerprint density at radius 2 is 1.82 bits per heavy atom. The maximum absolute atomic E-state index is 11.7. The van der Waals surface area contributed by atoms with Gasteiger partial charge in [-0.05, 0) is 28.8 Å². The van der Waals surface area contributed by atoms with Gasteiger partial charge >= 0.3 is 0 Å². The molecule has 96 valence electrons. The molecule has 0 aliphatic heterocycles. The Kier molecular flexibility index (Phi) is 4.14. The van der Waals surface area contributed by atoms with Crippen LogP contribution in [0.4, 0.5) is 0 Å². The lowest BCUT2D eigenvalue weighted by molar-refractivity contribution is 0.588. The summed E-state index contributed by atoms with van der Waals surface area (Å²) in [5.41, 5.74) is 0.216. The van der Waals surface area contributed by atoms with Crippen molar-refractivity contribution in [2.45, 2.75) is 31.9 Å². The zero-order chi connectivity index (χ0) is 13.4. The number of sulfone groups is 1. The van der Waals surface area contributed by atoms with E-state index >= 15 is 0 Å². The fourth-order valence-electron chi connectivity index (χ4n) is 1.27. The Morgan fingerprint density at radius 1 is 1.29 bits per heavy atom. The van der Waals surface area contributed by atoms with Gasteiger partial charge in [0.1, 0.15) is 15.5 Å². The van der Waals surface area contributed by atoms with Crippen molar-refractivity contribution in [3.63, 3.8) is 0 Å². The van der Waals surface area contributed by atoms with E-state index in [1.807, 2.05) is 13.8 Å². The van der Waals surface area contributed by atoms with Crippen molar-refractivity contribution in [2.75, 3.05) is 6.26 Å². The van der Waals surface area contributed by atoms with Gasteiger partial charge in [0, 0.05) is 6.26 Å². The highest BCUT2D eigenvalue weighted by atomic mass is 79.9. The average molecular weight is 323 g/mol. The van der Waals surface area contributed by atoms with Crippen LogP contribution in [0.3, 0.4) is 0 Å². The normalized spacial score (nSPS) is 14.0. The largest absolute Gasteiger partial charge is 0.308 e. The zero-order valence-electron chi connectivity index (χ0n) is 10.1. The standard InChI is InChI=1S/C10H15BrN2O3S/c1-5(2)8-7(11)10(14)13-9(12-8)6(3)17(4,15)16/h5-6H,1-4H3,(H,12,13,14). The second-order valence-electron chi connectivity index (χ2n) is 4.28. The lowest BCUT2D eigenvalue weighted by atomic mass is 10.1. The van der Waals surface area contributed by atoms with E-state index in [1.54, 1.807) is 0 Å². The van der Waals surface area contributed by atoms with E-state index in [1.165, 1.54) is 6.92 Å². The summed E-state index contributed by atoms with van der Waals surface area (Å²) in [7, 11) is -3.28. The fraction of sp³-hybridized carbons (Fsp3) is 0.600. The molecule has 17 heavy (non-hydrogen) atoms. The molecule has 0 radical (unpaired) electrons. The molecular formula is C10H15BrN2O3S. The number of halogens is 1. The topological polar surface area (TPSA) is 79.9 Å². The van der Waals surface area contributed by atoms with Gasteiger partial charge in [-0.3, -0.25) is 4.79 Å². The van der Waals surface area contributed by atoms with E-state index in [0.29, 0.717) is 10.2 Å². The first-order valence-corrected chi connectivity index (χ1v) is 7.87. The number of hydrogen-bond donors (Lipinski definition) is 1. The molecule has 1 rings (SSSR count). The quantitative estimate of drug-likeness (QED) is 0.919. The minimum Gasteiger partial charge on any atom is -0.308 e. The predicted molar refractivity (Wildman–Crippen MR) is 69.9 cm³/mol. The van der Waals surface area contributed by atoms with Gasteiger partial charge in [-0.25, -0.2) is 13.4 Å². The van der Waals surface area contributed by atoms with Crippen LogP contribution in [0.15, 0.2) is 9.27 Å². The molecule has 0 bridgehead atoms. The Balaban J connectivity index is 3.44. The summed E-state index contributed by atoms with van der Waals surface area (Å²) in [6.07, 6.45) is 1.12. The first kappa shape index (κ1) is 14.4. The molecule has 1 unspecified atom stereocenters. The van der Waals surface area contributed by atoms with Crippen LogP contribution in [0.25, 0.3) is 0 Å². The molecule has 0 aliphatic rings. The fourth-order valence-corrected chi connectivity index (χ4v) is 2.43. The Hall–Kier alpha value is -0.690. The highest BCUT2D eigenvalue weighted by molar-refractivity contribution is 9.10. The summed E-state index contributed by atoms with van der Waals surface area (Å²) in [6, 6.07) is 0. The first-order valence-electron chi connectivity index (χ1n) is 5.13. The Morgan fingerprint density at radius 3 is 2.24 bits per heavy atom. The molecule has 1 aromatic rings. The SMILES string of the molecule is CC(C)c1nc(C(C)S(C)(=O)=O)[nH]c(=O)c1Br. The van der Waals surface area contributed by atoms with Crippen molar-refractivity contribution >= 4 is 25.8 Å². The van der Waals surface area contributed by atoms with Crippen LogP contribution in [-0.2, 0) is 9.84 Å². The van der Waals surface area contributed by atoms with Crippen LogP contribution in [0.1, 0.15) is 43.5 Å². The van der Waals surface area contributed by atoms with E-state index in [4.69, 9.17) is 0 Å². The van der Waals surface area contributed by atoms with E-state index in [2.05, 4.69) is 25.9 Å². The Bertz CT molecular complexity index is 578. The molecule has 0 amide bonds.